The predicted molar refractivity (Wildman–Crippen MR) is 129 cm³/mol. The van der Waals surface area contributed by atoms with Gasteiger partial charge in [0, 0.05) is 6.54 Å². The first kappa shape index (κ1) is 29.6. The van der Waals surface area contributed by atoms with Crippen molar-refractivity contribution in [2.75, 3.05) is 20.6 Å². The van der Waals surface area contributed by atoms with Crippen LogP contribution in [-0.2, 0) is 19.1 Å². The van der Waals surface area contributed by atoms with Gasteiger partial charge >= 0.3 is 11.9 Å². The van der Waals surface area contributed by atoms with E-state index < -0.39 is 12.2 Å². The van der Waals surface area contributed by atoms with Crippen LogP contribution in [0.15, 0.2) is 12.2 Å². The van der Waals surface area contributed by atoms with E-state index in [0.717, 1.165) is 25.7 Å². The fourth-order valence-corrected chi connectivity index (χ4v) is 3.34. The van der Waals surface area contributed by atoms with Crippen molar-refractivity contribution >= 4 is 11.9 Å². The second-order valence-corrected chi connectivity index (χ2v) is 9.31. The summed E-state index contributed by atoms with van der Waals surface area (Å²) in [4.78, 5) is 26.5. The topological polar surface area (TPSA) is 55.8 Å². The number of ether oxygens (including phenoxy) is 2. The molecule has 0 aromatic rings. The summed E-state index contributed by atoms with van der Waals surface area (Å²) in [5.74, 6) is -0.807. The Morgan fingerprint density at radius 3 is 1.71 bits per heavy atom. The minimum Gasteiger partial charge on any atom is -0.459 e. The standard InChI is InChI=1S/C26H49NO4/c1-8-9-10-11-12-13-14-15-16-17-18-19-21(2)25(28)30-23(4)24(5)31-26(29)22(3)20-27(6)7/h13-14,21-24H,8-12,15-20H2,1-7H3/b14-13+. The lowest BCUT2D eigenvalue weighted by Gasteiger charge is -2.24. The normalized spacial score (nSPS) is 15.6. The van der Waals surface area contributed by atoms with E-state index >= 15 is 0 Å². The number of allylic oxidation sites excluding steroid dienone is 2. The third kappa shape index (κ3) is 16.0. The van der Waals surface area contributed by atoms with Crippen LogP contribution in [0.25, 0.3) is 0 Å². The zero-order valence-electron chi connectivity index (χ0n) is 21.3. The zero-order valence-corrected chi connectivity index (χ0v) is 21.3. The van der Waals surface area contributed by atoms with Gasteiger partial charge in [-0.25, -0.2) is 0 Å². The van der Waals surface area contributed by atoms with Crippen molar-refractivity contribution in [3.05, 3.63) is 12.2 Å². The highest BCUT2D eigenvalue weighted by Gasteiger charge is 2.25. The Balaban J connectivity index is 3.97. The number of carbonyl (C=O) groups is 2. The van der Waals surface area contributed by atoms with Crippen molar-refractivity contribution in [1.29, 1.82) is 0 Å². The van der Waals surface area contributed by atoms with E-state index in [1.807, 2.05) is 32.8 Å². The zero-order chi connectivity index (χ0) is 23.6. The van der Waals surface area contributed by atoms with Gasteiger partial charge in [0.05, 0.1) is 11.8 Å². The monoisotopic (exact) mass is 439 g/mol. The highest BCUT2D eigenvalue weighted by molar-refractivity contribution is 5.73. The fraction of sp³-hybridized carbons (Fsp3) is 0.846. The molecule has 5 nitrogen and oxygen atoms in total. The second kappa shape index (κ2) is 18.2. The van der Waals surface area contributed by atoms with Crippen LogP contribution >= 0.6 is 0 Å². The molecular formula is C26H49NO4. The molecule has 0 spiro atoms. The maximum atomic E-state index is 12.4. The molecule has 0 aliphatic carbocycles. The average molecular weight is 440 g/mol. The summed E-state index contributed by atoms with van der Waals surface area (Å²) in [5, 5.41) is 0. The Kier molecular flexibility index (Phi) is 17.4. The lowest BCUT2D eigenvalue weighted by atomic mass is 10.0. The first-order valence-electron chi connectivity index (χ1n) is 12.4. The Morgan fingerprint density at radius 1 is 0.742 bits per heavy atom. The van der Waals surface area contributed by atoms with Crippen LogP contribution in [0.3, 0.4) is 0 Å². The first-order chi connectivity index (χ1) is 14.7. The molecule has 0 rings (SSSR count). The summed E-state index contributed by atoms with van der Waals surface area (Å²) in [5.41, 5.74) is 0. The van der Waals surface area contributed by atoms with Crippen LogP contribution < -0.4 is 0 Å². The van der Waals surface area contributed by atoms with E-state index in [4.69, 9.17) is 9.47 Å². The minimum atomic E-state index is -0.456. The molecular weight excluding hydrogens is 390 g/mol. The van der Waals surface area contributed by atoms with Crippen LogP contribution in [-0.4, -0.2) is 49.7 Å². The van der Waals surface area contributed by atoms with E-state index in [1.54, 1.807) is 13.8 Å². The van der Waals surface area contributed by atoms with Gasteiger partial charge in [-0.3, -0.25) is 9.59 Å². The SMILES string of the molecule is CCCCCC/C=C/CCCCCC(C)C(=O)OC(C)C(C)OC(=O)C(C)CN(C)C. The fourth-order valence-electron chi connectivity index (χ4n) is 3.34. The van der Waals surface area contributed by atoms with Crippen LogP contribution in [0.5, 0.6) is 0 Å². The van der Waals surface area contributed by atoms with Gasteiger partial charge in [0.2, 0.25) is 0 Å². The van der Waals surface area contributed by atoms with Gasteiger partial charge in [0.1, 0.15) is 12.2 Å². The summed E-state index contributed by atoms with van der Waals surface area (Å²) in [6.45, 7) is 10.2. The van der Waals surface area contributed by atoms with Gasteiger partial charge in [-0.2, -0.15) is 0 Å². The third-order valence-electron chi connectivity index (χ3n) is 5.61. The van der Waals surface area contributed by atoms with Crippen molar-refractivity contribution in [3.8, 4) is 0 Å². The number of nitrogens with zero attached hydrogens (tertiary/aromatic N) is 1. The molecule has 5 heteroatoms. The van der Waals surface area contributed by atoms with Gasteiger partial charge in [-0.05, 0) is 60.0 Å². The van der Waals surface area contributed by atoms with E-state index in [9.17, 15) is 9.59 Å². The molecule has 182 valence electrons. The molecule has 0 saturated heterocycles. The van der Waals surface area contributed by atoms with E-state index in [0.29, 0.717) is 6.54 Å². The Labute approximate surface area is 191 Å². The van der Waals surface area contributed by atoms with Crippen molar-refractivity contribution < 1.29 is 19.1 Å². The molecule has 0 amide bonds. The summed E-state index contributed by atoms with van der Waals surface area (Å²) in [6, 6.07) is 0. The van der Waals surface area contributed by atoms with E-state index in [-0.39, 0.29) is 23.8 Å². The molecule has 0 N–H and O–H groups in total. The minimum absolute atomic E-state index is 0.132. The van der Waals surface area contributed by atoms with Crippen LogP contribution in [0.2, 0.25) is 0 Å². The largest absolute Gasteiger partial charge is 0.459 e. The predicted octanol–water partition coefficient (Wildman–Crippen LogP) is 6.16. The first-order valence-corrected chi connectivity index (χ1v) is 12.4. The highest BCUT2D eigenvalue weighted by Crippen LogP contribution is 2.15. The summed E-state index contributed by atoms with van der Waals surface area (Å²) in [7, 11) is 3.84. The number of carbonyl (C=O) groups excluding carboxylic acids is 2. The summed E-state index contributed by atoms with van der Waals surface area (Å²) in [6.07, 6.45) is 15.5. The molecule has 0 aliphatic heterocycles. The van der Waals surface area contributed by atoms with Gasteiger partial charge in [-0.15, -0.1) is 0 Å². The molecule has 0 saturated carbocycles. The van der Waals surface area contributed by atoms with Gasteiger partial charge in [-0.1, -0.05) is 65.0 Å². The van der Waals surface area contributed by atoms with Crippen molar-refractivity contribution in [2.24, 2.45) is 11.8 Å². The molecule has 0 fully saturated rings. The third-order valence-corrected chi connectivity index (χ3v) is 5.61. The van der Waals surface area contributed by atoms with Crippen molar-refractivity contribution in [1.82, 2.24) is 4.90 Å². The van der Waals surface area contributed by atoms with Crippen molar-refractivity contribution in [3.63, 3.8) is 0 Å². The van der Waals surface area contributed by atoms with Crippen LogP contribution in [0.1, 0.15) is 98.8 Å². The highest BCUT2D eigenvalue weighted by atomic mass is 16.6. The molecule has 4 unspecified atom stereocenters. The average Bonchev–Trinajstić information content (AvgIpc) is 2.70. The van der Waals surface area contributed by atoms with Crippen molar-refractivity contribution in [2.45, 2.75) is 111 Å². The quantitative estimate of drug-likeness (QED) is 0.145. The maximum absolute atomic E-state index is 12.4. The van der Waals surface area contributed by atoms with Crippen LogP contribution in [0.4, 0.5) is 0 Å². The molecule has 4 atom stereocenters. The molecule has 0 aliphatic rings. The second-order valence-electron chi connectivity index (χ2n) is 9.31. The molecule has 0 heterocycles. The van der Waals surface area contributed by atoms with Gasteiger partial charge in [0.25, 0.3) is 0 Å². The lowest BCUT2D eigenvalue weighted by Crippen LogP contribution is -2.35. The summed E-state index contributed by atoms with van der Waals surface area (Å²) >= 11 is 0. The van der Waals surface area contributed by atoms with E-state index in [2.05, 4.69) is 19.1 Å². The molecule has 0 aromatic heterocycles. The Bertz CT molecular complexity index is 504. The smallest absolute Gasteiger partial charge is 0.310 e. The molecule has 0 bridgehead atoms. The molecule has 31 heavy (non-hydrogen) atoms. The maximum Gasteiger partial charge on any atom is 0.310 e. The summed E-state index contributed by atoms with van der Waals surface area (Å²) < 4.78 is 11.0. The number of hydrogen-bond acceptors (Lipinski definition) is 5. The molecule has 0 aromatic carbocycles. The number of rotatable bonds is 18. The van der Waals surface area contributed by atoms with E-state index in [1.165, 1.54) is 38.5 Å². The number of hydrogen-bond donors (Lipinski definition) is 0. The molecule has 0 radical (unpaired) electrons. The van der Waals surface area contributed by atoms with Gasteiger partial charge in [0.15, 0.2) is 0 Å². The van der Waals surface area contributed by atoms with Crippen LogP contribution in [0, 0.1) is 11.8 Å². The Morgan fingerprint density at radius 2 is 1.23 bits per heavy atom. The number of esters is 2. The number of unbranched alkanes of at least 4 members (excludes halogenated alkanes) is 7. The van der Waals surface area contributed by atoms with Gasteiger partial charge < -0.3 is 14.4 Å². The Hall–Kier alpha value is -1.36. The lowest BCUT2D eigenvalue weighted by molar-refractivity contribution is -0.170.